The molecule has 0 atom stereocenters. The van der Waals surface area contributed by atoms with Crippen molar-refractivity contribution in [2.24, 2.45) is 0 Å². The minimum atomic E-state index is -1.13. The van der Waals surface area contributed by atoms with Crippen LogP contribution in [0, 0.1) is 6.92 Å². The van der Waals surface area contributed by atoms with Crippen LogP contribution in [-0.4, -0.2) is 22.1 Å². The number of nitrogens with zero attached hydrogens (tertiary/aromatic N) is 1. The number of carboxylic acids is 1. The lowest BCUT2D eigenvalue weighted by Crippen LogP contribution is -2.15. The number of amides is 1. The number of benzene rings is 1. The third kappa shape index (κ3) is 2.82. The molecule has 0 spiro atoms. The van der Waals surface area contributed by atoms with E-state index in [1.165, 1.54) is 18.3 Å². The predicted octanol–water partition coefficient (Wildman–Crippen LogP) is 2.70. The van der Waals surface area contributed by atoms with E-state index < -0.39 is 11.9 Å². The van der Waals surface area contributed by atoms with Gasteiger partial charge in [-0.25, -0.2) is 4.79 Å². The van der Waals surface area contributed by atoms with Crippen molar-refractivity contribution in [2.75, 3.05) is 5.32 Å². The normalized spacial score (nSPS) is 10.2. The Labute approximate surface area is 116 Å². The van der Waals surface area contributed by atoms with Gasteiger partial charge >= 0.3 is 5.97 Å². The van der Waals surface area contributed by atoms with Gasteiger partial charge in [-0.15, -0.1) is 0 Å². The van der Waals surface area contributed by atoms with Crippen molar-refractivity contribution in [3.63, 3.8) is 0 Å². The van der Waals surface area contributed by atoms with Gasteiger partial charge in [0.15, 0.2) is 0 Å². The monoisotopic (exact) mass is 324 g/mol. The summed E-state index contributed by atoms with van der Waals surface area (Å²) in [5.41, 5.74) is 0.470. The third-order valence-electron chi connectivity index (χ3n) is 2.46. The van der Waals surface area contributed by atoms with Gasteiger partial charge in [-0.2, -0.15) is 0 Å². The number of carbonyl (C=O) groups excluding carboxylic acids is 1. The Morgan fingerprint density at radius 2 is 2.11 bits per heavy atom. The molecule has 2 aromatic rings. The summed E-state index contributed by atoms with van der Waals surface area (Å²) in [5.74, 6) is -1.23. The van der Waals surface area contributed by atoms with E-state index in [4.69, 9.17) is 9.63 Å². The SMILES string of the molecule is Cc1oncc1C(=O)Nc1ccc(Br)cc1C(=O)O. The van der Waals surface area contributed by atoms with Crippen LogP contribution in [0.25, 0.3) is 0 Å². The Balaban J connectivity index is 2.32. The van der Waals surface area contributed by atoms with E-state index >= 15 is 0 Å². The molecule has 2 rings (SSSR count). The van der Waals surface area contributed by atoms with Crippen molar-refractivity contribution in [3.8, 4) is 0 Å². The fraction of sp³-hybridized carbons (Fsp3) is 0.0833. The summed E-state index contributed by atoms with van der Waals surface area (Å²) in [5, 5.41) is 15.1. The molecule has 0 radical (unpaired) electrons. The van der Waals surface area contributed by atoms with E-state index in [0.717, 1.165) is 0 Å². The first-order valence-electron chi connectivity index (χ1n) is 5.24. The maximum Gasteiger partial charge on any atom is 0.337 e. The molecule has 1 amide bonds. The van der Waals surface area contributed by atoms with Gasteiger partial charge in [0, 0.05) is 4.47 Å². The van der Waals surface area contributed by atoms with Crippen LogP contribution >= 0.6 is 15.9 Å². The third-order valence-corrected chi connectivity index (χ3v) is 2.95. The Kier molecular flexibility index (Phi) is 3.66. The lowest BCUT2D eigenvalue weighted by Gasteiger charge is -2.08. The largest absolute Gasteiger partial charge is 0.478 e. The number of hydrogen-bond acceptors (Lipinski definition) is 4. The number of aromatic nitrogens is 1. The van der Waals surface area contributed by atoms with Gasteiger partial charge in [0.1, 0.15) is 11.3 Å². The highest BCUT2D eigenvalue weighted by Crippen LogP contribution is 2.22. The van der Waals surface area contributed by atoms with Crippen LogP contribution in [0.2, 0.25) is 0 Å². The molecule has 6 nitrogen and oxygen atoms in total. The van der Waals surface area contributed by atoms with Crippen molar-refractivity contribution in [3.05, 3.63) is 45.8 Å². The Morgan fingerprint density at radius 3 is 2.68 bits per heavy atom. The summed E-state index contributed by atoms with van der Waals surface area (Å²) in [6.07, 6.45) is 1.28. The summed E-state index contributed by atoms with van der Waals surface area (Å²) >= 11 is 3.18. The Hall–Kier alpha value is -2.15. The van der Waals surface area contributed by atoms with Gasteiger partial charge in [0.05, 0.1) is 17.4 Å². The van der Waals surface area contributed by atoms with Gasteiger partial charge in [-0.1, -0.05) is 21.1 Å². The molecule has 0 aliphatic rings. The van der Waals surface area contributed by atoms with Gasteiger partial charge in [-0.05, 0) is 25.1 Å². The van der Waals surface area contributed by atoms with Crippen LogP contribution < -0.4 is 5.32 Å². The van der Waals surface area contributed by atoms with E-state index in [9.17, 15) is 9.59 Å². The summed E-state index contributed by atoms with van der Waals surface area (Å²) in [6.45, 7) is 1.60. The molecule has 1 aromatic heterocycles. The molecule has 98 valence electrons. The molecular weight excluding hydrogens is 316 g/mol. The van der Waals surface area contributed by atoms with Crippen LogP contribution in [0.5, 0.6) is 0 Å². The average molecular weight is 325 g/mol. The van der Waals surface area contributed by atoms with Crippen molar-refractivity contribution in [1.29, 1.82) is 0 Å². The van der Waals surface area contributed by atoms with Crippen molar-refractivity contribution >= 4 is 33.5 Å². The van der Waals surface area contributed by atoms with Crippen LogP contribution in [0.1, 0.15) is 26.5 Å². The molecule has 0 fully saturated rings. The van der Waals surface area contributed by atoms with E-state index in [1.54, 1.807) is 13.0 Å². The van der Waals surface area contributed by atoms with E-state index in [2.05, 4.69) is 26.4 Å². The fourth-order valence-corrected chi connectivity index (χ4v) is 1.87. The standard InChI is InChI=1S/C12H9BrN2O4/c1-6-9(5-14-19-6)11(16)15-10-3-2-7(13)4-8(10)12(17)18/h2-5H,1H3,(H,15,16)(H,17,18). The summed E-state index contributed by atoms with van der Waals surface area (Å²) in [7, 11) is 0. The van der Waals surface area contributed by atoms with Crippen LogP contribution in [-0.2, 0) is 0 Å². The van der Waals surface area contributed by atoms with Crippen molar-refractivity contribution in [1.82, 2.24) is 5.16 Å². The summed E-state index contributed by atoms with van der Waals surface area (Å²) in [4.78, 5) is 23.0. The van der Waals surface area contributed by atoms with Crippen LogP contribution in [0.4, 0.5) is 5.69 Å². The van der Waals surface area contributed by atoms with Crippen molar-refractivity contribution < 1.29 is 19.2 Å². The number of rotatable bonds is 3. The van der Waals surface area contributed by atoms with Gasteiger partial charge in [0.2, 0.25) is 0 Å². The Bertz CT molecular complexity index is 651. The fourth-order valence-electron chi connectivity index (χ4n) is 1.51. The number of nitrogens with one attached hydrogen (secondary N) is 1. The molecule has 0 bridgehead atoms. The molecule has 1 heterocycles. The summed E-state index contributed by atoms with van der Waals surface area (Å²) in [6, 6.07) is 4.56. The minimum Gasteiger partial charge on any atom is -0.478 e. The highest BCUT2D eigenvalue weighted by Gasteiger charge is 2.17. The zero-order valence-electron chi connectivity index (χ0n) is 9.81. The zero-order valence-corrected chi connectivity index (χ0v) is 11.4. The maximum atomic E-state index is 11.9. The number of carboxylic acid groups (broad SMARTS) is 1. The number of aryl methyl sites for hydroxylation is 1. The molecule has 7 heteroatoms. The van der Waals surface area contributed by atoms with Gasteiger partial charge in [0.25, 0.3) is 5.91 Å². The smallest absolute Gasteiger partial charge is 0.337 e. The highest BCUT2D eigenvalue weighted by atomic mass is 79.9. The van der Waals surface area contributed by atoms with E-state index in [1.807, 2.05) is 0 Å². The van der Waals surface area contributed by atoms with Gasteiger partial charge in [-0.3, -0.25) is 4.79 Å². The molecule has 19 heavy (non-hydrogen) atoms. The highest BCUT2D eigenvalue weighted by molar-refractivity contribution is 9.10. The first kappa shape index (κ1) is 13.3. The molecule has 1 aromatic carbocycles. The zero-order chi connectivity index (χ0) is 14.0. The number of halogens is 1. The molecule has 2 N–H and O–H groups in total. The molecular formula is C12H9BrN2O4. The maximum absolute atomic E-state index is 11.9. The average Bonchev–Trinajstić information content (AvgIpc) is 2.77. The van der Waals surface area contributed by atoms with Gasteiger partial charge < -0.3 is 14.9 Å². The first-order chi connectivity index (χ1) is 8.99. The second kappa shape index (κ2) is 5.23. The van der Waals surface area contributed by atoms with E-state index in [-0.39, 0.29) is 16.8 Å². The number of hydrogen-bond donors (Lipinski definition) is 2. The molecule has 0 aliphatic heterocycles. The number of anilines is 1. The lowest BCUT2D eigenvalue weighted by molar-refractivity contribution is 0.0698. The van der Waals surface area contributed by atoms with Crippen molar-refractivity contribution in [2.45, 2.75) is 6.92 Å². The number of carbonyl (C=O) groups is 2. The quantitative estimate of drug-likeness (QED) is 0.905. The minimum absolute atomic E-state index is 0.00293. The van der Waals surface area contributed by atoms with Crippen LogP contribution in [0.3, 0.4) is 0 Å². The molecule has 0 saturated carbocycles. The lowest BCUT2D eigenvalue weighted by atomic mass is 10.1. The summed E-state index contributed by atoms with van der Waals surface area (Å²) < 4.78 is 5.40. The Morgan fingerprint density at radius 1 is 1.37 bits per heavy atom. The van der Waals surface area contributed by atoms with Crippen LogP contribution in [0.15, 0.2) is 33.4 Å². The predicted molar refractivity (Wildman–Crippen MR) is 70.3 cm³/mol. The topological polar surface area (TPSA) is 92.4 Å². The molecule has 0 aliphatic carbocycles. The number of aromatic carboxylic acids is 1. The van der Waals surface area contributed by atoms with E-state index in [0.29, 0.717) is 10.2 Å². The first-order valence-corrected chi connectivity index (χ1v) is 6.04. The molecule has 0 saturated heterocycles. The second-order valence-electron chi connectivity index (χ2n) is 3.74. The molecule has 0 unspecified atom stereocenters. The second-order valence-corrected chi connectivity index (χ2v) is 4.66.